The van der Waals surface area contributed by atoms with Crippen LogP contribution in [-0.4, -0.2) is 60.3 Å². The van der Waals surface area contributed by atoms with E-state index in [4.69, 9.17) is 15.0 Å². The monoisotopic (exact) mass is 641 g/mol. The molecular weight excluding hydrogens is 589 g/mol. The first kappa shape index (κ1) is 35.5. The number of benzene rings is 1. The molecule has 1 aromatic carbocycles. The molecule has 3 amide bonds. The highest BCUT2D eigenvalue weighted by molar-refractivity contribution is 6.48. The quantitative estimate of drug-likeness (QED) is 0.0472. The van der Waals surface area contributed by atoms with Gasteiger partial charge in [-0.05, 0) is 92.7 Å². The van der Waals surface area contributed by atoms with E-state index in [1.54, 1.807) is 5.43 Å². The number of nitrogens with one attached hydrogen (secondary N) is 4. The van der Waals surface area contributed by atoms with Crippen LogP contribution in [0.25, 0.3) is 0 Å². The van der Waals surface area contributed by atoms with Gasteiger partial charge >= 0.3 is 13.1 Å². The summed E-state index contributed by atoms with van der Waals surface area (Å²) in [6.45, 7) is 13.2. The van der Waals surface area contributed by atoms with Gasteiger partial charge in [0, 0.05) is 12.2 Å². The number of guanidine groups is 1. The number of nitrogens with two attached hydrogens (primary N) is 1. The normalized spacial score (nSPS) is 26.0. The van der Waals surface area contributed by atoms with Gasteiger partial charge in [-0.2, -0.15) is 0 Å². The van der Waals surface area contributed by atoms with Crippen LogP contribution in [0.15, 0.2) is 29.3 Å². The Morgan fingerprint density at radius 2 is 1.87 bits per heavy atom. The lowest BCUT2D eigenvalue weighted by molar-refractivity contribution is -0.525. The minimum atomic E-state index is -0.913. The number of hydrogen-bond donors (Lipinski definition) is 5. The van der Waals surface area contributed by atoms with Gasteiger partial charge in [-0.1, -0.05) is 58.6 Å². The molecule has 46 heavy (non-hydrogen) atoms. The van der Waals surface area contributed by atoms with Crippen LogP contribution >= 0.6 is 0 Å². The van der Waals surface area contributed by atoms with Crippen molar-refractivity contribution in [1.82, 2.24) is 16.1 Å². The standard InChI is InChI=1S/C32H52BN7O6/c1-7-8-10-21-12-14-23(15-13-21)36-30(42)37-24(11-9-16-35-29(34)39-40(43)44)28(41)38-27(17-20(2)3)33-45-26-19-22-18-25(31(22,4)5)32(26,6)46-33/h12-15,20,22,24-27H,7-11,16-19H2,1-6H3,(H,38,41)(H3,34,35,39)(H2,36,37,42)/t22-,24+,25-,26-,27+,32+/m1/s1. The zero-order chi connectivity index (χ0) is 33.6. The SMILES string of the molecule is CCCCc1ccc(NC(=O)N[C@@H](CCCN=C(N)N[N+](=O)[O-])C(=O)N[C@@H](CC(C)C)B2O[C@@H]3C[C@H]4C[C@H](C4(C)C)[C@]3(C)O2)cc1. The van der Waals surface area contributed by atoms with Gasteiger partial charge in [0.1, 0.15) is 6.04 Å². The molecule has 5 rings (SSSR count). The predicted octanol–water partition coefficient (Wildman–Crippen LogP) is 4.19. The summed E-state index contributed by atoms with van der Waals surface area (Å²) in [7, 11) is -0.602. The molecule has 1 heterocycles. The molecular formula is C32H52BN7O6. The fourth-order valence-corrected chi connectivity index (χ4v) is 7.45. The fraction of sp³-hybridized carbons (Fsp3) is 0.719. The Labute approximate surface area is 272 Å². The summed E-state index contributed by atoms with van der Waals surface area (Å²) in [5.74, 6) is 0.125. The molecule has 4 aliphatic rings. The third-order valence-corrected chi connectivity index (χ3v) is 10.1. The molecule has 0 spiro atoms. The largest absolute Gasteiger partial charge is 0.481 e. The summed E-state index contributed by atoms with van der Waals surface area (Å²) in [4.78, 5) is 41.5. The number of amides is 3. The average Bonchev–Trinajstić information content (AvgIpc) is 3.34. The van der Waals surface area contributed by atoms with Gasteiger partial charge in [0.25, 0.3) is 5.96 Å². The van der Waals surface area contributed by atoms with Crippen LogP contribution in [0.3, 0.4) is 0 Å². The van der Waals surface area contributed by atoms with E-state index in [1.165, 1.54) is 5.56 Å². The first-order valence-electron chi connectivity index (χ1n) is 16.7. The van der Waals surface area contributed by atoms with Crippen LogP contribution in [0.1, 0.15) is 92.1 Å². The molecule has 3 aliphatic carbocycles. The molecule has 4 fully saturated rings. The van der Waals surface area contributed by atoms with E-state index < -0.39 is 35.8 Å². The van der Waals surface area contributed by atoms with E-state index in [-0.39, 0.29) is 42.3 Å². The van der Waals surface area contributed by atoms with Crippen LogP contribution in [0.5, 0.6) is 0 Å². The summed E-state index contributed by atoms with van der Waals surface area (Å²) in [5, 5.41) is 18.6. The van der Waals surface area contributed by atoms with Crippen molar-refractivity contribution < 1.29 is 23.9 Å². The number of nitrogens with zero attached hydrogens (tertiary/aromatic N) is 2. The van der Waals surface area contributed by atoms with Gasteiger partial charge in [-0.15, -0.1) is 0 Å². The zero-order valence-corrected chi connectivity index (χ0v) is 28.1. The second-order valence-corrected chi connectivity index (χ2v) is 14.3. The highest BCUT2D eigenvalue weighted by Gasteiger charge is 2.68. The molecule has 13 nitrogen and oxygen atoms in total. The number of urea groups is 1. The highest BCUT2D eigenvalue weighted by Crippen LogP contribution is 2.65. The maximum absolute atomic E-state index is 13.8. The Morgan fingerprint density at radius 3 is 2.50 bits per heavy atom. The first-order chi connectivity index (χ1) is 21.7. The predicted molar refractivity (Wildman–Crippen MR) is 178 cm³/mol. The Morgan fingerprint density at radius 1 is 1.15 bits per heavy atom. The molecule has 3 saturated carbocycles. The minimum absolute atomic E-state index is 0.0232. The number of hydrazine groups is 1. The van der Waals surface area contributed by atoms with Crippen LogP contribution < -0.4 is 27.1 Å². The number of carbonyl (C=O) groups is 2. The summed E-state index contributed by atoms with van der Waals surface area (Å²) in [5.41, 5.74) is 8.93. The lowest BCUT2D eigenvalue weighted by Crippen LogP contribution is -2.65. The van der Waals surface area contributed by atoms with Crippen LogP contribution in [0.2, 0.25) is 0 Å². The Balaban J connectivity index is 1.44. The molecule has 0 aromatic heterocycles. The van der Waals surface area contributed by atoms with E-state index in [1.807, 2.05) is 24.3 Å². The number of aryl methyl sites for hydroxylation is 1. The van der Waals surface area contributed by atoms with E-state index in [0.29, 0.717) is 30.4 Å². The molecule has 0 radical (unpaired) electrons. The van der Waals surface area contributed by atoms with E-state index in [2.05, 4.69) is 62.5 Å². The van der Waals surface area contributed by atoms with E-state index in [0.717, 1.165) is 32.1 Å². The van der Waals surface area contributed by atoms with Crippen molar-refractivity contribution in [3.8, 4) is 0 Å². The van der Waals surface area contributed by atoms with Crippen LogP contribution in [-0.2, 0) is 20.5 Å². The van der Waals surface area contributed by atoms with Gasteiger partial charge < -0.3 is 31.0 Å². The Kier molecular flexibility index (Phi) is 11.6. The maximum atomic E-state index is 13.8. The smallest absolute Gasteiger partial charge is 0.404 e. The van der Waals surface area contributed by atoms with E-state index in [9.17, 15) is 19.7 Å². The van der Waals surface area contributed by atoms with Crippen LogP contribution in [0, 0.1) is 33.3 Å². The average molecular weight is 642 g/mol. The topological polar surface area (TPSA) is 182 Å². The summed E-state index contributed by atoms with van der Waals surface area (Å²) >= 11 is 0. The second-order valence-electron chi connectivity index (χ2n) is 14.3. The van der Waals surface area contributed by atoms with Gasteiger partial charge in [-0.3, -0.25) is 4.79 Å². The van der Waals surface area contributed by atoms with E-state index >= 15 is 0 Å². The lowest BCUT2D eigenvalue weighted by Gasteiger charge is -2.64. The number of anilines is 1. The maximum Gasteiger partial charge on any atom is 0.481 e. The molecule has 2 bridgehead atoms. The number of rotatable bonds is 15. The van der Waals surface area contributed by atoms with Gasteiger partial charge in [0.15, 0.2) is 5.03 Å². The molecule has 1 saturated heterocycles. The fourth-order valence-electron chi connectivity index (χ4n) is 7.45. The van der Waals surface area contributed by atoms with Crippen molar-refractivity contribution in [2.24, 2.45) is 33.9 Å². The lowest BCUT2D eigenvalue weighted by atomic mass is 9.43. The second kappa shape index (κ2) is 15.0. The molecule has 1 aliphatic heterocycles. The zero-order valence-electron chi connectivity index (χ0n) is 28.1. The Hall–Kier alpha value is -3.39. The van der Waals surface area contributed by atoms with Crippen molar-refractivity contribution in [3.05, 3.63) is 39.9 Å². The van der Waals surface area contributed by atoms with Gasteiger partial charge in [-0.25, -0.2) is 19.9 Å². The van der Waals surface area contributed by atoms with Crippen molar-refractivity contribution in [2.45, 2.75) is 117 Å². The van der Waals surface area contributed by atoms with Crippen molar-refractivity contribution in [1.29, 1.82) is 0 Å². The summed E-state index contributed by atoms with van der Waals surface area (Å²) in [6, 6.07) is 6.23. The van der Waals surface area contributed by atoms with Crippen molar-refractivity contribution in [2.75, 3.05) is 11.9 Å². The van der Waals surface area contributed by atoms with Crippen molar-refractivity contribution in [3.63, 3.8) is 0 Å². The molecule has 6 N–H and O–H groups in total. The molecule has 0 unspecified atom stereocenters. The first-order valence-corrected chi connectivity index (χ1v) is 16.7. The third kappa shape index (κ3) is 8.50. The number of aliphatic imine (C=N–C) groups is 1. The number of nitro groups is 1. The summed E-state index contributed by atoms with van der Waals surface area (Å²) in [6.07, 6.45) is 6.42. The minimum Gasteiger partial charge on any atom is -0.404 e. The molecule has 6 atom stereocenters. The Bertz CT molecular complexity index is 1260. The highest BCUT2D eigenvalue weighted by atomic mass is 16.7. The number of unbranched alkanes of at least 4 members (excludes halogenated alkanes) is 1. The van der Waals surface area contributed by atoms with Gasteiger partial charge in [0.05, 0.1) is 17.6 Å². The number of hydrogen-bond acceptors (Lipinski definition) is 7. The van der Waals surface area contributed by atoms with Crippen molar-refractivity contribution >= 4 is 30.7 Å². The van der Waals surface area contributed by atoms with Crippen LogP contribution in [0.4, 0.5) is 10.5 Å². The molecule has 254 valence electrons. The summed E-state index contributed by atoms with van der Waals surface area (Å²) < 4.78 is 13.2. The molecule has 14 heteroatoms. The number of carbonyl (C=O) groups excluding carboxylic acids is 2. The molecule has 1 aromatic rings. The third-order valence-electron chi connectivity index (χ3n) is 10.1. The van der Waals surface area contributed by atoms with Gasteiger partial charge in [0.2, 0.25) is 5.91 Å².